The average Bonchev–Trinajstić information content (AvgIpc) is 3.01. The maximum Gasteiger partial charge on any atom is 0.236 e. The number of carbonyl (C=O) groups is 3. The molecule has 0 spiro atoms. The fraction of sp³-hybridized carbons (Fsp3) is 0.500. The van der Waals surface area contributed by atoms with Crippen molar-refractivity contribution in [3.63, 3.8) is 0 Å². The van der Waals surface area contributed by atoms with Crippen molar-refractivity contribution in [3.05, 3.63) is 35.4 Å². The van der Waals surface area contributed by atoms with Crippen LogP contribution in [0.2, 0.25) is 0 Å². The summed E-state index contributed by atoms with van der Waals surface area (Å²) in [6.45, 7) is 11.2. The van der Waals surface area contributed by atoms with Crippen molar-refractivity contribution in [2.24, 2.45) is 11.8 Å². The minimum Gasteiger partial charge on any atom is -0.353 e. The SMILES string of the molecule is CC(=O)[C@H]1[C@H]2C(=O)N(C(C)(C)C)C(=O)[C@@H]2[C@@H]2C=C(C)c3cc(C)ccc3N21. The van der Waals surface area contributed by atoms with E-state index in [1.807, 2.05) is 51.7 Å². The van der Waals surface area contributed by atoms with Crippen LogP contribution in [-0.2, 0) is 14.4 Å². The van der Waals surface area contributed by atoms with Gasteiger partial charge >= 0.3 is 0 Å². The van der Waals surface area contributed by atoms with Crippen LogP contribution in [0.1, 0.15) is 45.7 Å². The van der Waals surface area contributed by atoms with Gasteiger partial charge in [0, 0.05) is 16.8 Å². The van der Waals surface area contributed by atoms with Crippen molar-refractivity contribution in [2.75, 3.05) is 4.90 Å². The van der Waals surface area contributed by atoms with Gasteiger partial charge in [-0.2, -0.15) is 0 Å². The molecule has 1 aromatic carbocycles. The van der Waals surface area contributed by atoms with Gasteiger partial charge in [0.1, 0.15) is 6.04 Å². The Morgan fingerprint density at radius 2 is 1.67 bits per heavy atom. The lowest BCUT2D eigenvalue weighted by Crippen LogP contribution is -2.52. The first-order chi connectivity index (χ1) is 12.5. The van der Waals surface area contributed by atoms with Gasteiger partial charge in [0.25, 0.3) is 0 Å². The topological polar surface area (TPSA) is 57.7 Å². The van der Waals surface area contributed by atoms with Crippen molar-refractivity contribution in [3.8, 4) is 0 Å². The Kier molecular flexibility index (Phi) is 3.68. The van der Waals surface area contributed by atoms with E-state index in [1.54, 1.807) is 0 Å². The Balaban J connectivity index is 1.90. The number of Topliss-reactive ketones (excluding diaryl/α,β-unsaturated/α-hetero) is 1. The second kappa shape index (κ2) is 5.54. The fourth-order valence-electron chi connectivity index (χ4n) is 5.08. The van der Waals surface area contributed by atoms with Crippen molar-refractivity contribution < 1.29 is 14.4 Å². The Labute approximate surface area is 160 Å². The molecule has 5 heteroatoms. The lowest BCUT2D eigenvalue weighted by molar-refractivity contribution is -0.146. The Morgan fingerprint density at radius 3 is 2.26 bits per heavy atom. The summed E-state index contributed by atoms with van der Waals surface area (Å²) >= 11 is 0. The van der Waals surface area contributed by atoms with Crippen LogP contribution in [0.5, 0.6) is 0 Å². The zero-order chi connectivity index (χ0) is 19.8. The van der Waals surface area contributed by atoms with Crippen molar-refractivity contribution >= 4 is 28.9 Å². The van der Waals surface area contributed by atoms with Crippen molar-refractivity contribution in [1.82, 2.24) is 4.90 Å². The molecule has 4 rings (SSSR count). The first-order valence-electron chi connectivity index (χ1n) is 9.50. The highest BCUT2D eigenvalue weighted by Crippen LogP contribution is 2.51. The van der Waals surface area contributed by atoms with E-state index in [2.05, 4.69) is 12.1 Å². The van der Waals surface area contributed by atoms with Gasteiger partial charge < -0.3 is 4.90 Å². The molecule has 5 nitrogen and oxygen atoms in total. The number of nitrogens with zero attached hydrogens (tertiary/aromatic N) is 2. The smallest absolute Gasteiger partial charge is 0.236 e. The van der Waals surface area contributed by atoms with Crippen LogP contribution in [0.4, 0.5) is 5.69 Å². The number of fused-ring (bicyclic) bond motifs is 5. The van der Waals surface area contributed by atoms with Crippen LogP contribution in [0.3, 0.4) is 0 Å². The number of hydrogen-bond acceptors (Lipinski definition) is 4. The van der Waals surface area contributed by atoms with E-state index in [0.717, 1.165) is 22.4 Å². The van der Waals surface area contributed by atoms with Crippen LogP contribution < -0.4 is 4.90 Å². The van der Waals surface area contributed by atoms with Crippen molar-refractivity contribution in [1.29, 1.82) is 0 Å². The van der Waals surface area contributed by atoms with E-state index < -0.39 is 23.4 Å². The maximum absolute atomic E-state index is 13.3. The molecule has 1 aromatic rings. The number of imide groups is 1. The third kappa shape index (κ3) is 2.33. The Morgan fingerprint density at radius 1 is 1.04 bits per heavy atom. The summed E-state index contributed by atoms with van der Waals surface area (Å²) in [4.78, 5) is 42.6. The van der Waals surface area contributed by atoms with E-state index >= 15 is 0 Å². The number of anilines is 1. The van der Waals surface area contributed by atoms with E-state index in [-0.39, 0.29) is 23.6 Å². The van der Waals surface area contributed by atoms with Crippen LogP contribution in [-0.4, -0.2) is 40.1 Å². The highest BCUT2D eigenvalue weighted by Gasteiger charge is 2.64. The van der Waals surface area contributed by atoms with Crippen LogP contribution in [0.15, 0.2) is 24.3 Å². The molecular weight excluding hydrogens is 340 g/mol. The summed E-state index contributed by atoms with van der Waals surface area (Å²) in [5.74, 6) is -1.56. The molecule has 0 radical (unpaired) electrons. The summed E-state index contributed by atoms with van der Waals surface area (Å²) < 4.78 is 0. The van der Waals surface area contributed by atoms with Crippen molar-refractivity contribution in [2.45, 2.75) is 59.2 Å². The van der Waals surface area contributed by atoms with Crippen LogP contribution >= 0.6 is 0 Å². The number of carbonyl (C=O) groups excluding carboxylic acids is 3. The predicted octanol–water partition coefficient (Wildman–Crippen LogP) is 2.96. The van der Waals surface area contributed by atoms with Crippen LogP contribution in [0, 0.1) is 18.8 Å². The lowest BCUT2D eigenvalue weighted by Gasteiger charge is -2.39. The number of likely N-dealkylation sites (tertiary alicyclic amines) is 1. The van der Waals surface area contributed by atoms with Gasteiger partial charge in [-0.1, -0.05) is 17.7 Å². The molecule has 4 atom stereocenters. The molecule has 3 heterocycles. The number of amides is 2. The first-order valence-corrected chi connectivity index (χ1v) is 9.50. The molecule has 0 aliphatic carbocycles. The minimum absolute atomic E-state index is 0.0658. The second-order valence-electron chi connectivity index (χ2n) is 9.06. The molecule has 3 aliphatic rings. The maximum atomic E-state index is 13.3. The number of hydrogen-bond donors (Lipinski definition) is 0. The molecule has 3 aliphatic heterocycles. The molecule has 2 fully saturated rings. The molecular formula is C22H26N2O3. The van der Waals surface area contributed by atoms with Gasteiger partial charge in [-0.3, -0.25) is 19.3 Å². The fourth-order valence-corrected chi connectivity index (χ4v) is 5.08. The first kappa shape index (κ1) is 18.0. The Bertz CT molecular complexity index is 909. The number of allylic oxidation sites excluding steroid dienone is 1. The molecule has 0 bridgehead atoms. The largest absolute Gasteiger partial charge is 0.353 e. The number of aryl methyl sites for hydroxylation is 1. The average molecular weight is 366 g/mol. The standard InChI is InChI=1S/C22H26N2O3/c1-11-7-8-15-14(9-11)12(2)10-16-17-18(19(13(3)25)23(15)16)21(27)24(20(17)26)22(4,5)6/h7-10,16-19H,1-6H3/t16-,17+,18-,19-/m0/s1. The highest BCUT2D eigenvalue weighted by molar-refractivity contribution is 6.11. The molecule has 0 aromatic heterocycles. The zero-order valence-electron chi connectivity index (χ0n) is 16.7. The molecule has 0 saturated carbocycles. The summed E-state index contributed by atoms with van der Waals surface area (Å²) in [6.07, 6.45) is 2.07. The lowest BCUT2D eigenvalue weighted by atomic mass is 9.87. The van der Waals surface area contributed by atoms with Gasteiger partial charge in [-0.05, 0) is 59.2 Å². The quantitative estimate of drug-likeness (QED) is 0.717. The van der Waals surface area contributed by atoms with E-state index in [0.29, 0.717) is 0 Å². The normalized spacial score (nSPS) is 29.5. The van der Waals surface area contributed by atoms with Gasteiger partial charge in [0.05, 0.1) is 17.9 Å². The molecule has 27 heavy (non-hydrogen) atoms. The summed E-state index contributed by atoms with van der Waals surface area (Å²) in [7, 11) is 0. The van der Waals surface area contributed by atoms with E-state index in [1.165, 1.54) is 11.8 Å². The number of benzene rings is 1. The molecule has 2 saturated heterocycles. The molecule has 0 unspecified atom stereocenters. The van der Waals surface area contributed by atoms with Crippen LogP contribution in [0.25, 0.3) is 5.57 Å². The molecule has 142 valence electrons. The summed E-state index contributed by atoms with van der Waals surface area (Å²) in [5, 5.41) is 0. The third-order valence-electron chi connectivity index (χ3n) is 6.09. The van der Waals surface area contributed by atoms with Gasteiger partial charge in [-0.25, -0.2) is 0 Å². The zero-order valence-corrected chi connectivity index (χ0v) is 16.7. The van der Waals surface area contributed by atoms with E-state index in [9.17, 15) is 14.4 Å². The summed E-state index contributed by atoms with van der Waals surface area (Å²) in [6, 6.07) is 5.28. The second-order valence-corrected chi connectivity index (χ2v) is 9.06. The third-order valence-corrected chi connectivity index (χ3v) is 6.09. The predicted molar refractivity (Wildman–Crippen MR) is 104 cm³/mol. The highest BCUT2D eigenvalue weighted by atomic mass is 16.2. The summed E-state index contributed by atoms with van der Waals surface area (Å²) in [5.41, 5.74) is 3.66. The van der Waals surface area contributed by atoms with E-state index in [4.69, 9.17) is 0 Å². The molecule has 0 N–H and O–H groups in total. The van der Waals surface area contributed by atoms with Gasteiger partial charge in [0.2, 0.25) is 11.8 Å². The number of rotatable bonds is 1. The monoisotopic (exact) mass is 366 g/mol. The minimum atomic E-state index is -0.615. The Hall–Kier alpha value is -2.43. The van der Waals surface area contributed by atoms with Gasteiger partial charge in [-0.15, -0.1) is 0 Å². The molecule has 2 amide bonds. The number of ketones is 1. The van der Waals surface area contributed by atoms with Gasteiger partial charge in [0.15, 0.2) is 5.78 Å².